The minimum absolute atomic E-state index is 0.487. The molecule has 20 heavy (non-hydrogen) atoms. The highest BCUT2D eigenvalue weighted by molar-refractivity contribution is 5.18. The SMILES string of the molecule is CC(C)CC(NCC(C)N1CCCC1)c1ccccc1. The fraction of sp³-hybridized carbons (Fsp3) is 0.667. The molecule has 1 heterocycles. The lowest BCUT2D eigenvalue weighted by molar-refractivity contribution is 0.242. The Kier molecular flexibility index (Phi) is 6.06. The fourth-order valence-corrected chi connectivity index (χ4v) is 3.12. The van der Waals surface area contributed by atoms with Gasteiger partial charge < -0.3 is 5.32 Å². The fourth-order valence-electron chi connectivity index (χ4n) is 3.12. The van der Waals surface area contributed by atoms with Gasteiger partial charge >= 0.3 is 0 Å². The van der Waals surface area contributed by atoms with Crippen LogP contribution in [-0.2, 0) is 0 Å². The van der Waals surface area contributed by atoms with Gasteiger partial charge in [-0.1, -0.05) is 44.2 Å². The van der Waals surface area contributed by atoms with Crippen LogP contribution in [0, 0.1) is 5.92 Å². The third-order valence-corrected chi connectivity index (χ3v) is 4.33. The average Bonchev–Trinajstić information content (AvgIpc) is 2.98. The molecule has 2 nitrogen and oxygen atoms in total. The van der Waals surface area contributed by atoms with E-state index in [2.05, 4.69) is 61.3 Å². The lowest BCUT2D eigenvalue weighted by Crippen LogP contribution is -2.40. The molecule has 1 fully saturated rings. The average molecular weight is 274 g/mol. The molecule has 1 aliphatic rings. The predicted molar refractivity (Wildman–Crippen MR) is 86.9 cm³/mol. The summed E-state index contributed by atoms with van der Waals surface area (Å²) >= 11 is 0. The maximum Gasteiger partial charge on any atom is 0.0323 e. The Balaban J connectivity index is 1.90. The minimum Gasteiger partial charge on any atom is -0.308 e. The molecule has 2 heteroatoms. The van der Waals surface area contributed by atoms with Crippen molar-refractivity contribution in [3.05, 3.63) is 35.9 Å². The van der Waals surface area contributed by atoms with Gasteiger partial charge in [0, 0.05) is 18.6 Å². The van der Waals surface area contributed by atoms with Crippen LogP contribution >= 0.6 is 0 Å². The summed E-state index contributed by atoms with van der Waals surface area (Å²) in [5.41, 5.74) is 1.43. The number of nitrogens with one attached hydrogen (secondary N) is 1. The second-order valence-corrected chi connectivity index (χ2v) is 6.59. The first-order valence-corrected chi connectivity index (χ1v) is 8.19. The van der Waals surface area contributed by atoms with Crippen molar-refractivity contribution in [2.24, 2.45) is 5.92 Å². The van der Waals surface area contributed by atoms with Gasteiger partial charge in [-0.25, -0.2) is 0 Å². The van der Waals surface area contributed by atoms with Crippen molar-refractivity contribution < 1.29 is 0 Å². The number of hydrogen-bond acceptors (Lipinski definition) is 2. The van der Waals surface area contributed by atoms with Gasteiger partial charge in [0.25, 0.3) is 0 Å². The number of likely N-dealkylation sites (tertiary alicyclic amines) is 1. The largest absolute Gasteiger partial charge is 0.308 e. The molecule has 0 aromatic heterocycles. The molecule has 0 spiro atoms. The van der Waals surface area contributed by atoms with Crippen molar-refractivity contribution in [2.75, 3.05) is 19.6 Å². The molecule has 2 rings (SSSR count). The summed E-state index contributed by atoms with van der Waals surface area (Å²) in [7, 11) is 0. The first-order valence-electron chi connectivity index (χ1n) is 8.19. The highest BCUT2D eigenvalue weighted by Crippen LogP contribution is 2.21. The van der Waals surface area contributed by atoms with Crippen molar-refractivity contribution in [2.45, 2.75) is 52.1 Å². The molecule has 0 bridgehead atoms. The molecule has 1 aromatic carbocycles. The first-order chi connectivity index (χ1) is 9.66. The Morgan fingerprint density at radius 2 is 1.70 bits per heavy atom. The van der Waals surface area contributed by atoms with Crippen molar-refractivity contribution >= 4 is 0 Å². The minimum atomic E-state index is 0.487. The second-order valence-electron chi connectivity index (χ2n) is 6.59. The van der Waals surface area contributed by atoms with E-state index in [1.807, 2.05) is 0 Å². The molecule has 0 radical (unpaired) electrons. The zero-order valence-corrected chi connectivity index (χ0v) is 13.3. The van der Waals surface area contributed by atoms with E-state index in [1.165, 1.54) is 37.9 Å². The standard InChI is InChI=1S/C18H30N2/c1-15(2)13-18(17-9-5-4-6-10-17)19-14-16(3)20-11-7-8-12-20/h4-6,9-10,15-16,18-19H,7-8,11-14H2,1-3H3. The van der Waals surface area contributed by atoms with Gasteiger partial charge in [0.1, 0.15) is 0 Å². The summed E-state index contributed by atoms with van der Waals surface area (Å²) in [6, 6.07) is 12.0. The Labute approximate surface area is 124 Å². The highest BCUT2D eigenvalue weighted by atomic mass is 15.2. The predicted octanol–water partition coefficient (Wildman–Crippen LogP) is 3.85. The van der Waals surface area contributed by atoms with Crippen molar-refractivity contribution in [1.82, 2.24) is 10.2 Å². The molecule has 112 valence electrons. The molecule has 0 saturated carbocycles. The van der Waals surface area contributed by atoms with Crippen molar-refractivity contribution in [3.63, 3.8) is 0 Å². The van der Waals surface area contributed by atoms with Crippen LogP contribution in [0.4, 0.5) is 0 Å². The first kappa shape index (κ1) is 15.5. The van der Waals surface area contributed by atoms with Crippen LogP contribution in [0.3, 0.4) is 0 Å². The Morgan fingerprint density at radius 1 is 1.05 bits per heavy atom. The summed E-state index contributed by atoms with van der Waals surface area (Å²) in [6.45, 7) is 10.6. The summed E-state index contributed by atoms with van der Waals surface area (Å²) in [4.78, 5) is 2.62. The van der Waals surface area contributed by atoms with E-state index >= 15 is 0 Å². The van der Waals surface area contributed by atoms with Crippen LogP contribution in [0.15, 0.2) is 30.3 Å². The molecule has 2 atom stereocenters. The molecule has 1 aliphatic heterocycles. The van der Waals surface area contributed by atoms with Crippen LogP contribution in [0.1, 0.15) is 51.6 Å². The molecule has 0 aliphatic carbocycles. The van der Waals surface area contributed by atoms with Gasteiger partial charge in [0.2, 0.25) is 0 Å². The smallest absolute Gasteiger partial charge is 0.0323 e. The van der Waals surface area contributed by atoms with Crippen molar-refractivity contribution in [3.8, 4) is 0 Å². The summed E-state index contributed by atoms with van der Waals surface area (Å²) in [5.74, 6) is 0.717. The molecular formula is C18H30N2. The van der Waals surface area contributed by atoms with E-state index in [-0.39, 0.29) is 0 Å². The lowest BCUT2D eigenvalue weighted by atomic mass is 9.97. The molecule has 0 amide bonds. The number of rotatable bonds is 7. The van der Waals surface area contributed by atoms with Gasteiger partial charge in [-0.15, -0.1) is 0 Å². The van der Waals surface area contributed by atoms with E-state index in [1.54, 1.807) is 0 Å². The topological polar surface area (TPSA) is 15.3 Å². The van der Waals surface area contributed by atoms with Crippen molar-refractivity contribution in [1.29, 1.82) is 0 Å². The summed E-state index contributed by atoms with van der Waals surface area (Å²) in [5, 5.41) is 3.80. The monoisotopic (exact) mass is 274 g/mol. The van der Waals surface area contributed by atoms with E-state index in [9.17, 15) is 0 Å². The normalized spacial score (nSPS) is 19.4. The molecule has 2 unspecified atom stereocenters. The number of nitrogens with zero attached hydrogens (tertiary/aromatic N) is 1. The van der Waals surface area contributed by atoms with Crippen LogP contribution in [-0.4, -0.2) is 30.6 Å². The number of hydrogen-bond donors (Lipinski definition) is 1. The maximum absolute atomic E-state index is 3.80. The number of benzene rings is 1. The van der Waals surface area contributed by atoms with Gasteiger partial charge in [-0.2, -0.15) is 0 Å². The van der Waals surface area contributed by atoms with Gasteiger partial charge in [-0.3, -0.25) is 4.90 Å². The molecule has 1 saturated heterocycles. The second kappa shape index (κ2) is 7.80. The third-order valence-electron chi connectivity index (χ3n) is 4.33. The van der Waals surface area contributed by atoms with Crippen LogP contribution < -0.4 is 5.32 Å². The van der Waals surface area contributed by atoms with Gasteiger partial charge in [0.05, 0.1) is 0 Å². The van der Waals surface area contributed by atoms with Crippen LogP contribution in [0.25, 0.3) is 0 Å². The van der Waals surface area contributed by atoms with E-state index in [0.29, 0.717) is 12.1 Å². The zero-order valence-electron chi connectivity index (χ0n) is 13.3. The van der Waals surface area contributed by atoms with Gasteiger partial charge in [-0.05, 0) is 50.8 Å². The summed E-state index contributed by atoms with van der Waals surface area (Å²) in [6.07, 6.45) is 3.95. The lowest BCUT2D eigenvalue weighted by Gasteiger charge is -2.28. The van der Waals surface area contributed by atoms with Crippen LogP contribution in [0.5, 0.6) is 0 Å². The Morgan fingerprint density at radius 3 is 2.30 bits per heavy atom. The quantitative estimate of drug-likeness (QED) is 0.812. The van der Waals surface area contributed by atoms with Gasteiger partial charge in [0.15, 0.2) is 0 Å². The van der Waals surface area contributed by atoms with Crippen LogP contribution in [0.2, 0.25) is 0 Å². The molecule has 1 aromatic rings. The third kappa shape index (κ3) is 4.60. The maximum atomic E-state index is 3.80. The summed E-state index contributed by atoms with van der Waals surface area (Å²) < 4.78 is 0. The Bertz CT molecular complexity index is 368. The van der Waals surface area contributed by atoms with E-state index in [4.69, 9.17) is 0 Å². The zero-order chi connectivity index (χ0) is 14.4. The highest BCUT2D eigenvalue weighted by Gasteiger charge is 2.19. The molecule has 1 N–H and O–H groups in total. The van der Waals surface area contributed by atoms with E-state index in [0.717, 1.165) is 12.5 Å². The Hall–Kier alpha value is -0.860. The van der Waals surface area contributed by atoms with E-state index < -0.39 is 0 Å². The molecular weight excluding hydrogens is 244 g/mol.